The summed E-state index contributed by atoms with van der Waals surface area (Å²) in [6.07, 6.45) is 3.53. The first-order valence-corrected chi connectivity index (χ1v) is 8.91. The second-order valence-corrected chi connectivity index (χ2v) is 7.56. The molecule has 5 nitrogen and oxygen atoms in total. The van der Waals surface area contributed by atoms with Gasteiger partial charge in [-0.25, -0.2) is 4.79 Å². The van der Waals surface area contributed by atoms with E-state index in [-0.39, 0.29) is 24.6 Å². The number of carbonyl (C=O) groups excluding carboxylic acids is 1. The van der Waals surface area contributed by atoms with E-state index < -0.39 is 0 Å². The summed E-state index contributed by atoms with van der Waals surface area (Å²) in [7, 11) is 4.03. The van der Waals surface area contributed by atoms with Gasteiger partial charge in [-0.3, -0.25) is 0 Å². The number of aliphatic hydroxyl groups is 1. The Morgan fingerprint density at radius 1 is 1.29 bits per heavy atom. The quantitative estimate of drug-likeness (QED) is 0.775. The Bertz CT molecular complexity index is 602. The van der Waals surface area contributed by atoms with Gasteiger partial charge in [0.15, 0.2) is 0 Å². The lowest BCUT2D eigenvalue weighted by Crippen LogP contribution is -2.48. The molecule has 2 fully saturated rings. The predicted molar refractivity (Wildman–Crippen MR) is 96.1 cm³/mol. The van der Waals surface area contributed by atoms with Gasteiger partial charge in [-0.1, -0.05) is 12.1 Å². The molecule has 3 rings (SSSR count). The van der Waals surface area contributed by atoms with Crippen molar-refractivity contribution in [2.45, 2.75) is 38.8 Å². The number of hydrogen-bond acceptors (Lipinski definition) is 3. The monoisotopic (exact) mass is 331 g/mol. The number of aryl methyl sites for hydroxylation is 1. The Balaban J connectivity index is 1.58. The van der Waals surface area contributed by atoms with Crippen LogP contribution in [-0.4, -0.2) is 37.9 Å². The smallest absolute Gasteiger partial charge is 0.315 e. The first-order chi connectivity index (χ1) is 11.5. The molecule has 2 amide bonds. The fraction of sp³-hybridized carbons (Fsp3) is 0.632. The molecule has 2 bridgehead atoms. The summed E-state index contributed by atoms with van der Waals surface area (Å²) >= 11 is 0. The van der Waals surface area contributed by atoms with E-state index in [4.69, 9.17) is 0 Å². The summed E-state index contributed by atoms with van der Waals surface area (Å²) in [5, 5.41) is 15.7. The van der Waals surface area contributed by atoms with Gasteiger partial charge in [-0.15, -0.1) is 0 Å². The zero-order valence-electron chi connectivity index (χ0n) is 14.9. The molecule has 2 saturated carbocycles. The highest BCUT2D eigenvalue weighted by Crippen LogP contribution is 2.48. The second kappa shape index (κ2) is 7.01. The average molecular weight is 331 g/mol. The van der Waals surface area contributed by atoms with Crippen molar-refractivity contribution in [3.8, 4) is 0 Å². The van der Waals surface area contributed by atoms with Crippen molar-refractivity contribution in [1.29, 1.82) is 0 Å². The van der Waals surface area contributed by atoms with Crippen molar-refractivity contribution in [1.82, 2.24) is 10.6 Å². The molecule has 0 heterocycles. The maximum Gasteiger partial charge on any atom is 0.315 e. The van der Waals surface area contributed by atoms with Crippen LogP contribution >= 0.6 is 0 Å². The SMILES string of the molecule is Cc1ccc(CNC(=O)NC2C3CCC(C3)C2CO)c(N(C)C)c1. The van der Waals surface area contributed by atoms with Gasteiger partial charge in [-0.05, 0) is 55.2 Å². The van der Waals surface area contributed by atoms with Gasteiger partial charge in [-0.2, -0.15) is 0 Å². The Hall–Kier alpha value is -1.75. The van der Waals surface area contributed by atoms with E-state index in [1.807, 2.05) is 14.1 Å². The number of carbonyl (C=O) groups is 1. The number of aliphatic hydroxyl groups excluding tert-OH is 1. The molecule has 5 heteroatoms. The number of urea groups is 1. The molecule has 3 N–H and O–H groups in total. The van der Waals surface area contributed by atoms with E-state index in [0.29, 0.717) is 18.4 Å². The molecule has 1 aromatic carbocycles. The highest BCUT2D eigenvalue weighted by molar-refractivity contribution is 5.74. The van der Waals surface area contributed by atoms with E-state index in [9.17, 15) is 9.90 Å². The van der Waals surface area contributed by atoms with Crippen LogP contribution in [0.4, 0.5) is 10.5 Å². The van der Waals surface area contributed by atoms with Crippen molar-refractivity contribution in [3.63, 3.8) is 0 Å². The van der Waals surface area contributed by atoms with Crippen molar-refractivity contribution < 1.29 is 9.90 Å². The summed E-state index contributed by atoms with van der Waals surface area (Å²) in [4.78, 5) is 14.4. The van der Waals surface area contributed by atoms with Crippen molar-refractivity contribution >= 4 is 11.7 Å². The molecule has 0 saturated heterocycles. The van der Waals surface area contributed by atoms with Gasteiger partial charge >= 0.3 is 6.03 Å². The molecule has 1 aromatic rings. The number of benzene rings is 1. The fourth-order valence-corrected chi connectivity index (χ4v) is 4.52. The summed E-state index contributed by atoms with van der Waals surface area (Å²) in [6.45, 7) is 2.75. The molecule has 0 spiro atoms. The maximum absolute atomic E-state index is 12.3. The molecule has 0 aromatic heterocycles. The standard InChI is InChI=1S/C19H29N3O2/c1-12-4-5-15(17(8-12)22(2)3)10-20-19(24)21-18-14-7-6-13(9-14)16(18)11-23/h4-5,8,13-14,16,18,23H,6-7,9-11H2,1-3H3,(H2,20,21,24). The predicted octanol–water partition coefficient (Wildman–Crippen LogP) is 2.27. The lowest BCUT2D eigenvalue weighted by atomic mass is 9.85. The number of nitrogens with zero attached hydrogens (tertiary/aromatic N) is 1. The molecule has 0 aliphatic heterocycles. The Morgan fingerprint density at radius 3 is 2.75 bits per heavy atom. The van der Waals surface area contributed by atoms with Crippen molar-refractivity contribution in [2.24, 2.45) is 17.8 Å². The van der Waals surface area contributed by atoms with E-state index in [0.717, 1.165) is 17.7 Å². The van der Waals surface area contributed by atoms with E-state index in [1.54, 1.807) is 0 Å². The van der Waals surface area contributed by atoms with E-state index >= 15 is 0 Å². The Kier molecular flexibility index (Phi) is 4.99. The number of fused-ring (bicyclic) bond motifs is 2. The second-order valence-electron chi connectivity index (χ2n) is 7.56. The van der Waals surface area contributed by atoms with Gasteiger partial charge in [0.05, 0.1) is 0 Å². The molecule has 132 valence electrons. The lowest BCUT2D eigenvalue weighted by molar-refractivity contribution is 0.144. The third-order valence-corrected chi connectivity index (χ3v) is 5.76. The molecule has 24 heavy (non-hydrogen) atoms. The minimum absolute atomic E-state index is 0.125. The van der Waals surface area contributed by atoms with E-state index in [1.165, 1.54) is 18.4 Å². The van der Waals surface area contributed by atoms with Crippen LogP contribution in [-0.2, 0) is 6.54 Å². The first kappa shape index (κ1) is 17.1. The number of rotatable bonds is 5. The third-order valence-electron chi connectivity index (χ3n) is 5.76. The van der Waals surface area contributed by atoms with Crippen molar-refractivity contribution in [2.75, 3.05) is 25.6 Å². The average Bonchev–Trinajstić information content (AvgIpc) is 3.14. The van der Waals surface area contributed by atoms with Crippen molar-refractivity contribution in [3.05, 3.63) is 29.3 Å². The normalized spacial score (nSPS) is 28.0. The Labute approximate surface area is 144 Å². The number of nitrogens with one attached hydrogen (secondary N) is 2. The van der Waals surface area contributed by atoms with Crippen LogP contribution < -0.4 is 15.5 Å². The number of anilines is 1. The van der Waals surface area contributed by atoms with Gasteiger partial charge in [0.25, 0.3) is 0 Å². The van der Waals surface area contributed by atoms with Crippen LogP contribution in [0.1, 0.15) is 30.4 Å². The van der Waals surface area contributed by atoms with Crippen LogP contribution in [0.3, 0.4) is 0 Å². The molecule has 2 aliphatic carbocycles. The molecular weight excluding hydrogens is 302 g/mol. The first-order valence-electron chi connectivity index (χ1n) is 8.91. The third kappa shape index (κ3) is 3.36. The zero-order chi connectivity index (χ0) is 17.3. The largest absolute Gasteiger partial charge is 0.396 e. The number of amides is 2. The molecule has 2 aliphatic rings. The van der Waals surface area contributed by atoms with Gasteiger partial charge in [0.1, 0.15) is 0 Å². The van der Waals surface area contributed by atoms with E-state index in [2.05, 4.69) is 40.7 Å². The molecule has 4 atom stereocenters. The summed E-state index contributed by atoms with van der Waals surface area (Å²) in [6, 6.07) is 6.27. The summed E-state index contributed by atoms with van der Waals surface area (Å²) < 4.78 is 0. The fourth-order valence-electron chi connectivity index (χ4n) is 4.52. The highest BCUT2D eigenvalue weighted by Gasteiger charge is 2.47. The van der Waals surface area contributed by atoms with Crippen LogP contribution in [0.2, 0.25) is 0 Å². The highest BCUT2D eigenvalue weighted by atomic mass is 16.3. The molecular formula is C19H29N3O2. The van der Waals surface area contributed by atoms with Gasteiger partial charge in [0, 0.05) is 44.9 Å². The topological polar surface area (TPSA) is 64.6 Å². The summed E-state index contributed by atoms with van der Waals surface area (Å²) in [5.74, 6) is 1.35. The van der Waals surface area contributed by atoms with Crippen LogP contribution in [0, 0.1) is 24.7 Å². The van der Waals surface area contributed by atoms with Gasteiger partial charge < -0.3 is 20.6 Å². The maximum atomic E-state index is 12.3. The lowest BCUT2D eigenvalue weighted by Gasteiger charge is -2.30. The van der Waals surface area contributed by atoms with Crippen LogP contribution in [0.15, 0.2) is 18.2 Å². The van der Waals surface area contributed by atoms with Crippen LogP contribution in [0.5, 0.6) is 0 Å². The number of hydrogen-bond donors (Lipinski definition) is 3. The molecule has 4 unspecified atom stereocenters. The minimum atomic E-state index is -0.128. The Morgan fingerprint density at radius 2 is 2.04 bits per heavy atom. The summed E-state index contributed by atoms with van der Waals surface area (Å²) in [5.41, 5.74) is 3.44. The zero-order valence-corrected chi connectivity index (χ0v) is 14.9. The van der Waals surface area contributed by atoms with Gasteiger partial charge in [0.2, 0.25) is 0 Å². The molecule has 0 radical (unpaired) electrons. The van der Waals surface area contributed by atoms with Crippen LogP contribution in [0.25, 0.3) is 0 Å². The minimum Gasteiger partial charge on any atom is -0.396 e.